The molecule has 1 amide bonds. The minimum Gasteiger partial charge on any atom is -0.493 e. The van der Waals surface area contributed by atoms with Crippen molar-refractivity contribution in [3.05, 3.63) is 83.7 Å². The number of carbonyl (C=O) groups excluding carboxylic acids is 1. The van der Waals surface area contributed by atoms with Gasteiger partial charge in [-0.3, -0.25) is 9.48 Å². The molecule has 162 valence electrons. The van der Waals surface area contributed by atoms with Gasteiger partial charge in [-0.2, -0.15) is 13.9 Å². The molecule has 2 aromatic carbocycles. The Morgan fingerprint density at radius 3 is 2.65 bits per heavy atom. The van der Waals surface area contributed by atoms with Gasteiger partial charge in [0.25, 0.3) is 0 Å². The molecule has 3 aromatic rings. The maximum atomic E-state index is 12.4. The van der Waals surface area contributed by atoms with E-state index in [1.54, 1.807) is 30.3 Å². The summed E-state index contributed by atoms with van der Waals surface area (Å²) in [6.45, 7) is -1.88. The molecule has 0 saturated carbocycles. The van der Waals surface area contributed by atoms with Crippen LogP contribution < -0.4 is 9.47 Å². The summed E-state index contributed by atoms with van der Waals surface area (Å²) in [6.07, 6.45) is 6.65. The Hall–Kier alpha value is -3.68. The third-order valence-electron chi connectivity index (χ3n) is 4.49. The monoisotopic (exact) mass is 427 g/mol. The van der Waals surface area contributed by atoms with E-state index in [1.807, 2.05) is 41.2 Å². The molecule has 1 heterocycles. The first kappa shape index (κ1) is 22.0. The van der Waals surface area contributed by atoms with Gasteiger partial charge in [-0.1, -0.05) is 36.4 Å². The van der Waals surface area contributed by atoms with Crippen molar-refractivity contribution >= 4 is 12.0 Å². The summed E-state index contributed by atoms with van der Waals surface area (Å²) in [7, 11) is 3.05. The van der Waals surface area contributed by atoms with E-state index in [1.165, 1.54) is 25.3 Å². The van der Waals surface area contributed by atoms with Gasteiger partial charge in [0.05, 0.1) is 19.9 Å². The van der Waals surface area contributed by atoms with Crippen molar-refractivity contribution in [2.45, 2.75) is 19.7 Å². The normalized spacial score (nSPS) is 11.1. The molecule has 0 aliphatic carbocycles. The van der Waals surface area contributed by atoms with Crippen molar-refractivity contribution in [2.75, 3.05) is 14.2 Å². The van der Waals surface area contributed by atoms with Gasteiger partial charge in [0.1, 0.15) is 0 Å². The predicted molar refractivity (Wildman–Crippen MR) is 113 cm³/mol. The van der Waals surface area contributed by atoms with Gasteiger partial charge in [-0.05, 0) is 29.3 Å². The largest absolute Gasteiger partial charge is 0.493 e. The summed E-state index contributed by atoms with van der Waals surface area (Å²) in [5.74, 6) is -0.109. The number of hydrogen-bond acceptors (Lipinski definition) is 4. The molecule has 0 aliphatic heterocycles. The summed E-state index contributed by atoms with van der Waals surface area (Å²) in [4.78, 5) is 14.0. The lowest BCUT2D eigenvalue weighted by Gasteiger charge is -2.14. The van der Waals surface area contributed by atoms with Crippen LogP contribution in [0.1, 0.15) is 16.7 Å². The van der Waals surface area contributed by atoms with Crippen molar-refractivity contribution in [1.82, 2.24) is 14.7 Å². The standard InChI is InChI=1S/C23H23F2N3O3/c1-27(14-19-13-26-28(16-19)15-18-6-4-3-5-7-18)22(29)11-9-17-8-10-20(31-23(24)25)21(12-17)30-2/h3-13,16,23H,14-15H2,1-2H3/b11-9+. The van der Waals surface area contributed by atoms with Gasteiger partial charge in [0, 0.05) is 31.4 Å². The van der Waals surface area contributed by atoms with Crippen LogP contribution in [0.5, 0.6) is 11.5 Å². The molecular formula is C23H23F2N3O3. The van der Waals surface area contributed by atoms with Crippen LogP contribution in [0.2, 0.25) is 0 Å². The van der Waals surface area contributed by atoms with Crippen molar-refractivity contribution in [3.8, 4) is 11.5 Å². The summed E-state index contributed by atoms with van der Waals surface area (Å²) in [5.41, 5.74) is 2.68. The molecular weight excluding hydrogens is 404 g/mol. The lowest BCUT2D eigenvalue weighted by molar-refractivity contribution is -0.125. The Morgan fingerprint density at radius 1 is 1.16 bits per heavy atom. The first-order chi connectivity index (χ1) is 14.9. The van der Waals surface area contributed by atoms with Gasteiger partial charge >= 0.3 is 6.61 Å². The Labute approximate surface area is 179 Å². The molecule has 0 radical (unpaired) electrons. The van der Waals surface area contributed by atoms with Crippen LogP contribution in [0.15, 0.2) is 67.0 Å². The maximum Gasteiger partial charge on any atom is 0.387 e. The van der Waals surface area contributed by atoms with E-state index in [0.717, 1.165) is 11.1 Å². The molecule has 0 bridgehead atoms. The fraction of sp³-hybridized carbons (Fsp3) is 0.217. The Bertz CT molecular complexity index is 1040. The fourth-order valence-electron chi connectivity index (χ4n) is 2.97. The van der Waals surface area contributed by atoms with E-state index in [9.17, 15) is 13.6 Å². The van der Waals surface area contributed by atoms with Crippen molar-refractivity contribution < 1.29 is 23.0 Å². The van der Waals surface area contributed by atoms with Crippen LogP contribution in [0.3, 0.4) is 0 Å². The highest BCUT2D eigenvalue weighted by Crippen LogP contribution is 2.29. The van der Waals surface area contributed by atoms with Crippen molar-refractivity contribution in [2.24, 2.45) is 0 Å². The van der Waals surface area contributed by atoms with Crippen LogP contribution in [0.4, 0.5) is 8.78 Å². The van der Waals surface area contributed by atoms with E-state index < -0.39 is 6.61 Å². The Balaban J connectivity index is 1.58. The quantitative estimate of drug-likeness (QED) is 0.480. The average Bonchev–Trinajstić information content (AvgIpc) is 3.19. The molecule has 0 N–H and O–H groups in total. The number of carbonyl (C=O) groups is 1. The topological polar surface area (TPSA) is 56.6 Å². The Morgan fingerprint density at radius 2 is 1.94 bits per heavy atom. The van der Waals surface area contributed by atoms with Crippen molar-refractivity contribution in [1.29, 1.82) is 0 Å². The van der Waals surface area contributed by atoms with Gasteiger partial charge in [-0.25, -0.2) is 0 Å². The maximum absolute atomic E-state index is 12.4. The molecule has 0 aliphatic rings. The second-order valence-electron chi connectivity index (χ2n) is 6.85. The first-order valence-electron chi connectivity index (χ1n) is 9.56. The van der Waals surface area contributed by atoms with Gasteiger partial charge in [0.2, 0.25) is 5.91 Å². The van der Waals surface area contributed by atoms with E-state index in [4.69, 9.17) is 4.74 Å². The number of halogens is 2. The summed E-state index contributed by atoms with van der Waals surface area (Å²) in [5, 5.41) is 4.35. The molecule has 8 heteroatoms. The average molecular weight is 427 g/mol. The van der Waals surface area contributed by atoms with Crippen LogP contribution in [-0.2, 0) is 17.9 Å². The van der Waals surface area contributed by atoms with Crippen LogP contribution in [0.25, 0.3) is 6.08 Å². The second-order valence-corrected chi connectivity index (χ2v) is 6.85. The Kier molecular flexibility index (Phi) is 7.37. The zero-order chi connectivity index (χ0) is 22.2. The van der Waals surface area contributed by atoms with Crippen LogP contribution >= 0.6 is 0 Å². The third-order valence-corrected chi connectivity index (χ3v) is 4.49. The number of ether oxygens (including phenoxy) is 2. The van der Waals surface area contributed by atoms with E-state index in [0.29, 0.717) is 18.7 Å². The number of benzene rings is 2. The lowest BCUT2D eigenvalue weighted by Crippen LogP contribution is -2.23. The van der Waals surface area contributed by atoms with Crippen LogP contribution in [0, 0.1) is 0 Å². The minimum absolute atomic E-state index is 0.0643. The number of aromatic nitrogens is 2. The SMILES string of the molecule is COc1cc(/C=C/C(=O)N(C)Cc2cnn(Cc3ccccc3)c2)ccc1OC(F)F. The molecule has 0 saturated heterocycles. The first-order valence-corrected chi connectivity index (χ1v) is 9.56. The molecule has 3 rings (SSSR count). The third kappa shape index (κ3) is 6.40. The zero-order valence-corrected chi connectivity index (χ0v) is 17.2. The highest BCUT2D eigenvalue weighted by atomic mass is 19.3. The zero-order valence-electron chi connectivity index (χ0n) is 17.2. The minimum atomic E-state index is -2.94. The number of rotatable bonds is 9. The summed E-state index contributed by atoms with van der Waals surface area (Å²) >= 11 is 0. The second kappa shape index (κ2) is 10.4. The molecule has 31 heavy (non-hydrogen) atoms. The lowest BCUT2D eigenvalue weighted by atomic mass is 10.2. The van der Waals surface area contributed by atoms with Crippen molar-refractivity contribution in [3.63, 3.8) is 0 Å². The van der Waals surface area contributed by atoms with Gasteiger partial charge < -0.3 is 14.4 Å². The predicted octanol–water partition coefficient (Wildman–Crippen LogP) is 4.21. The number of methoxy groups -OCH3 is 1. The fourth-order valence-corrected chi connectivity index (χ4v) is 2.97. The molecule has 0 fully saturated rings. The smallest absolute Gasteiger partial charge is 0.387 e. The molecule has 6 nitrogen and oxygen atoms in total. The van der Waals surface area contributed by atoms with Gasteiger partial charge in [-0.15, -0.1) is 0 Å². The molecule has 1 aromatic heterocycles. The molecule has 0 spiro atoms. The molecule has 0 atom stereocenters. The number of alkyl halides is 2. The van der Waals surface area contributed by atoms with Gasteiger partial charge in [0.15, 0.2) is 11.5 Å². The summed E-state index contributed by atoms with van der Waals surface area (Å²) < 4.78 is 36.1. The number of nitrogens with zero attached hydrogens (tertiary/aromatic N) is 3. The number of amides is 1. The van der Waals surface area contributed by atoms with E-state index in [2.05, 4.69) is 9.84 Å². The highest BCUT2D eigenvalue weighted by Gasteiger charge is 2.11. The van der Waals surface area contributed by atoms with E-state index in [-0.39, 0.29) is 17.4 Å². The van der Waals surface area contributed by atoms with E-state index >= 15 is 0 Å². The molecule has 0 unspecified atom stereocenters. The number of hydrogen-bond donors (Lipinski definition) is 0. The van der Waals surface area contributed by atoms with Crippen LogP contribution in [-0.4, -0.2) is 41.4 Å². The highest BCUT2D eigenvalue weighted by molar-refractivity contribution is 5.91. The summed E-state index contributed by atoms with van der Waals surface area (Å²) in [6, 6.07) is 14.5. The number of likely N-dealkylation sites (N-methyl/N-ethyl adjacent to an activating group) is 1.